The zero-order valence-corrected chi connectivity index (χ0v) is 12.0. The summed E-state index contributed by atoms with van der Waals surface area (Å²) in [7, 11) is 1.77. The summed E-state index contributed by atoms with van der Waals surface area (Å²) in [6, 6.07) is 0. The minimum Gasteiger partial charge on any atom is -0.390 e. The van der Waals surface area contributed by atoms with Crippen LogP contribution in [0.5, 0.6) is 0 Å². The van der Waals surface area contributed by atoms with Crippen molar-refractivity contribution < 1.29 is 9.84 Å². The van der Waals surface area contributed by atoms with Gasteiger partial charge in [-0.3, -0.25) is 0 Å². The molecule has 2 heteroatoms. The maximum atomic E-state index is 10.4. The van der Waals surface area contributed by atoms with Crippen molar-refractivity contribution >= 4 is 0 Å². The Kier molecular flexibility index (Phi) is 5.94. The molecule has 3 atom stereocenters. The Morgan fingerprint density at radius 3 is 2.59 bits per heavy atom. The van der Waals surface area contributed by atoms with Crippen LogP contribution in [-0.4, -0.2) is 23.9 Å². The summed E-state index contributed by atoms with van der Waals surface area (Å²) in [5.41, 5.74) is -0.255. The van der Waals surface area contributed by atoms with Crippen LogP contribution in [0, 0.1) is 11.8 Å². The number of rotatable bonds is 6. The van der Waals surface area contributed by atoms with Gasteiger partial charge in [-0.15, -0.1) is 0 Å². The van der Waals surface area contributed by atoms with E-state index in [1.165, 1.54) is 19.3 Å². The molecule has 102 valence electrons. The third-order valence-electron chi connectivity index (χ3n) is 4.26. The maximum Gasteiger partial charge on any atom is 0.0938 e. The summed E-state index contributed by atoms with van der Waals surface area (Å²) >= 11 is 0. The lowest BCUT2D eigenvalue weighted by Gasteiger charge is -2.42. The zero-order valence-electron chi connectivity index (χ0n) is 12.0. The van der Waals surface area contributed by atoms with Crippen LogP contribution in [-0.2, 0) is 4.74 Å². The van der Waals surface area contributed by atoms with Gasteiger partial charge < -0.3 is 9.84 Å². The molecule has 0 saturated heterocycles. The van der Waals surface area contributed by atoms with Crippen molar-refractivity contribution in [1.82, 2.24) is 0 Å². The Morgan fingerprint density at radius 2 is 2.06 bits per heavy atom. The van der Waals surface area contributed by atoms with Crippen molar-refractivity contribution in [2.24, 2.45) is 11.8 Å². The molecule has 0 bridgehead atoms. The SMILES string of the molecule is COC1(C(O)CCCC(C)C)CCCC(C)C1. The molecule has 1 rings (SSSR count). The number of aliphatic hydroxyl groups excluding tert-OH is 1. The molecular weight excluding hydrogens is 212 g/mol. The minimum absolute atomic E-state index is 0.255. The van der Waals surface area contributed by atoms with Crippen LogP contribution >= 0.6 is 0 Å². The van der Waals surface area contributed by atoms with Crippen molar-refractivity contribution in [3.05, 3.63) is 0 Å². The molecule has 0 amide bonds. The van der Waals surface area contributed by atoms with E-state index in [4.69, 9.17) is 4.74 Å². The summed E-state index contributed by atoms with van der Waals surface area (Å²) < 4.78 is 5.72. The van der Waals surface area contributed by atoms with Crippen molar-refractivity contribution in [2.75, 3.05) is 7.11 Å². The summed E-state index contributed by atoms with van der Waals surface area (Å²) in [5.74, 6) is 1.41. The average molecular weight is 242 g/mol. The van der Waals surface area contributed by atoms with Gasteiger partial charge in [0.1, 0.15) is 0 Å². The van der Waals surface area contributed by atoms with E-state index in [1.807, 2.05) is 0 Å². The highest BCUT2D eigenvalue weighted by Crippen LogP contribution is 2.38. The lowest BCUT2D eigenvalue weighted by atomic mass is 9.74. The number of ether oxygens (including phenoxy) is 1. The van der Waals surface area contributed by atoms with Gasteiger partial charge in [-0.05, 0) is 31.1 Å². The summed E-state index contributed by atoms with van der Waals surface area (Å²) in [4.78, 5) is 0. The van der Waals surface area contributed by atoms with Crippen molar-refractivity contribution in [1.29, 1.82) is 0 Å². The van der Waals surface area contributed by atoms with E-state index in [2.05, 4.69) is 20.8 Å². The molecule has 0 spiro atoms. The molecular formula is C15H30O2. The molecule has 1 fully saturated rings. The van der Waals surface area contributed by atoms with E-state index >= 15 is 0 Å². The fraction of sp³-hybridized carbons (Fsp3) is 1.00. The smallest absolute Gasteiger partial charge is 0.0938 e. The van der Waals surface area contributed by atoms with Gasteiger partial charge in [-0.2, -0.15) is 0 Å². The Morgan fingerprint density at radius 1 is 1.35 bits per heavy atom. The van der Waals surface area contributed by atoms with Crippen LogP contribution in [0.4, 0.5) is 0 Å². The molecule has 1 aliphatic rings. The molecule has 0 aromatic rings. The third-order valence-corrected chi connectivity index (χ3v) is 4.26. The van der Waals surface area contributed by atoms with E-state index in [-0.39, 0.29) is 11.7 Å². The predicted molar refractivity (Wildman–Crippen MR) is 72.1 cm³/mol. The van der Waals surface area contributed by atoms with Gasteiger partial charge >= 0.3 is 0 Å². The van der Waals surface area contributed by atoms with Gasteiger partial charge in [-0.1, -0.05) is 46.5 Å². The number of hydrogen-bond donors (Lipinski definition) is 1. The Hall–Kier alpha value is -0.0800. The summed E-state index contributed by atoms with van der Waals surface area (Å²) in [6.45, 7) is 6.75. The fourth-order valence-electron chi connectivity index (χ4n) is 3.15. The first-order valence-electron chi connectivity index (χ1n) is 7.23. The highest BCUT2D eigenvalue weighted by atomic mass is 16.5. The van der Waals surface area contributed by atoms with Crippen LogP contribution in [0.1, 0.15) is 65.7 Å². The van der Waals surface area contributed by atoms with Crippen LogP contribution in [0.25, 0.3) is 0 Å². The molecule has 17 heavy (non-hydrogen) atoms. The molecule has 0 aliphatic heterocycles. The van der Waals surface area contributed by atoms with Gasteiger partial charge in [0.15, 0.2) is 0 Å². The first-order chi connectivity index (χ1) is 8.00. The van der Waals surface area contributed by atoms with Crippen LogP contribution < -0.4 is 0 Å². The molecule has 1 N–H and O–H groups in total. The molecule has 0 radical (unpaired) electrons. The monoisotopic (exact) mass is 242 g/mol. The largest absolute Gasteiger partial charge is 0.390 e. The number of hydrogen-bond acceptors (Lipinski definition) is 2. The summed E-state index contributed by atoms with van der Waals surface area (Å²) in [5, 5.41) is 10.4. The van der Waals surface area contributed by atoms with E-state index in [1.54, 1.807) is 7.11 Å². The molecule has 1 saturated carbocycles. The minimum atomic E-state index is -0.283. The molecule has 0 aromatic carbocycles. The third kappa shape index (κ3) is 4.26. The molecule has 3 unspecified atom stereocenters. The quantitative estimate of drug-likeness (QED) is 0.768. The molecule has 0 heterocycles. The second-order valence-corrected chi connectivity index (χ2v) is 6.31. The van der Waals surface area contributed by atoms with Crippen molar-refractivity contribution in [2.45, 2.75) is 77.4 Å². The first kappa shape index (κ1) is 15.0. The van der Waals surface area contributed by atoms with Gasteiger partial charge in [-0.25, -0.2) is 0 Å². The second-order valence-electron chi connectivity index (χ2n) is 6.31. The van der Waals surface area contributed by atoms with Crippen LogP contribution in [0.2, 0.25) is 0 Å². The standard InChI is InChI=1S/C15H30O2/c1-12(2)7-5-9-14(16)15(17-4)10-6-8-13(3)11-15/h12-14,16H,5-11H2,1-4H3. The normalized spacial score (nSPS) is 31.8. The van der Waals surface area contributed by atoms with Gasteiger partial charge in [0.05, 0.1) is 11.7 Å². The van der Waals surface area contributed by atoms with Crippen molar-refractivity contribution in [3.8, 4) is 0 Å². The first-order valence-corrected chi connectivity index (χ1v) is 7.23. The van der Waals surface area contributed by atoms with Crippen LogP contribution in [0.15, 0.2) is 0 Å². The van der Waals surface area contributed by atoms with Crippen LogP contribution in [0.3, 0.4) is 0 Å². The number of aliphatic hydroxyl groups is 1. The Bertz CT molecular complexity index is 215. The fourth-order valence-corrected chi connectivity index (χ4v) is 3.15. The second kappa shape index (κ2) is 6.75. The van der Waals surface area contributed by atoms with E-state index in [9.17, 15) is 5.11 Å². The number of methoxy groups -OCH3 is 1. The maximum absolute atomic E-state index is 10.4. The van der Waals surface area contributed by atoms with E-state index in [0.29, 0.717) is 5.92 Å². The topological polar surface area (TPSA) is 29.5 Å². The van der Waals surface area contributed by atoms with E-state index < -0.39 is 0 Å². The highest BCUT2D eigenvalue weighted by molar-refractivity contribution is 4.92. The molecule has 2 nitrogen and oxygen atoms in total. The molecule has 0 aromatic heterocycles. The van der Waals surface area contributed by atoms with Gasteiger partial charge in [0, 0.05) is 7.11 Å². The average Bonchev–Trinajstić information content (AvgIpc) is 2.28. The lowest BCUT2D eigenvalue weighted by Crippen LogP contribution is -2.47. The van der Waals surface area contributed by atoms with Gasteiger partial charge in [0.25, 0.3) is 0 Å². The lowest BCUT2D eigenvalue weighted by molar-refractivity contribution is -0.134. The highest BCUT2D eigenvalue weighted by Gasteiger charge is 2.40. The predicted octanol–water partition coefficient (Wildman–Crippen LogP) is 3.77. The zero-order chi connectivity index (χ0) is 12.9. The Labute approximate surface area is 107 Å². The van der Waals surface area contributed by atoms with E-state index in [0.717, 1.165) is 31.6 Å². The molecule has 1 aliphatic carbocycles. The summed E-state index contributed by atoms with van der Waals surface area (Å²) in [6.07, 6.45) is 7.43. The van der Waals surface area contributed by atoms with Gasteiger partial charge in [0.2, 0.25) is 0 Å². The Balaban J connectivity index is 2.47. The van der Waals surface area contributed by atoms with Crippen molar-refractivity contribution in [3.63, 3.8) is 0 Å².